The number of carbonyl (C=O) groups is 4. The number of hydrogen-bond acceptors (Lipinski definition) is 12. The van der Waals surface area contributed by atoms with Crippen molar-refractivity contribution in [3.63, 3.8) is 0 Å². The smallest absolute Gasteiger partial charge is 0.362 e. The summed E-state index contributed by atoms with van der Waals surface area (Å²) < 4.78 is 37.9. The Morgan fingerprint density at radius 2 is 2.08 bits per heavy atom. The average molecular weight is 580 g/mol. The molecule has 18 heteroatoms. The minimum absolute atomic E-state index is 0.0263. The average Bonchev–Trinajstić information content (AvgIpc) is 3.49. The lowest BCUT2D eigenvalue weighted by Gasteiger charge is -2.43. The molecule has 0 bridgehead atoms. The SMILES string of the molecule is CO/N=C(\C(=O)NC1C(=O)N(S(=O)(=O)O)C1COC(=O)Cc1cccs1)c1csc(NC(=O)CCl)n1. The molecule has 0 radical (unpaired) electrons. The summed E-state index contributed by atoms with van der Waals surface area (Å²) in [6.07, 6.45) is -0.0850. The summed E-state index contributed by atoms with van der Waals surface area (Å²) in [6, 6.07) is 0.542. The summed E-state index contributed by atoms with van der Waals surface area (Å²) in [4.78, 5) is 58.2. The van der Waals surface area contributed by atoms with Gasteiger partial charge in [0.2, 0.25) is 5.91 Å². The van der Waals surface area contributed by atoms with Crippen LogP contribution in [0.5, 0.6) is 0 Å². The van der Waals surface area contributed by atoms with Crippen LogP contribution in [0.3, 0.4) is 0 Å². The van der Waals surface area contributed by atoms with Crippen molar-refractivity contribution in [2.45, 2.75) is 18.5 Å². The van der Waals surface area contributed by atoms with Crippen molar-refractivity contribution in [2.24, 2.45) is 5.16 Å². The number of amides is 3. The lowest BCUT2D eigenvalue weighted by Crippen LogP contribution is -2.73. The van der Waals surface area contributed by atoms with E-state index < -0.39 is 58.4 Å². The lowest BCUT2D eigenvalue weighted by molar-refractivity contribution is -0.155. The Hall–Kier alpha value is -3.12. The summed E-state index contributed by atoms with van der Waals surface area (Å²) >= 11 is 7.70. The zero-order valence-corrected chi connectivity index (χ0v) is 21.4. The zero-order chi connectivity index (χ0) is 26.5. The van der Waals surface area contributed by atoms with Crippen LogP contribution in [-0.4, -0.2) is 83.3 Å². The van der Waals surface area contributed by atoms with Gasteiger partial charge in [-0.3, -0.25) is 23.7 Å². The molecule has 0 aliphatic carbocycles. The Balaban J connectivity index is 1.72. The molecule has 3 heterocycles. The second-order valence-electron chi connectivity index (χ2n) is 6.91. The van der Waals surface area contributed by atoms with Gasteiger partial charge < -0.3 is 20.2 Å². The van der Waals surface area contributed by atoms with Crippen molar-refractivity contribution in [2.75, 3.05) is 24.9 Å². The fourth-order valence-corrected chi connectivity index (χ4v) is 5.34. The monoisotopic (exact) mass is 579 g/mol. The number of ether oxygens (including phenoxy) is 1. The predicted octanol–water partition coefficient (Wildman–Crippen LogP) is 0.0167. The van der Waals surface area contributed by atoms with Crippen molar-refractivity contribution >= 4 is 79.1 Å². The summed E-state index contributed by atoms with van der Waals surface area (Å²) in [5.41, 5.74) is -0.423. The summed E-state index contributed by atoms with van der Waals surface area (Å²) in [7, 11) is -3.84. The maximum atomic E-state index is 12.9. The molecule has 1 fully saturated rings. The van der Waals surface area contributed by atoms with E-state index in [4.69, 9.17) is 16.3 Å². The molecule has 2 unspecified atom stereocenters. The number of halogens is 1. The topological polar surface area (TPSA) is 194 Å². The summed E-state index contributed by atoms with van der Waals surface area (Å²) in [5, 5.41) is 11.5. The summed E-state index contributed by atoms with van der Waals surface area (Å²) in [6.45, 7) is -0.622. The van der Waals surface area contributed by atoms with Gasteiger partial charge in [-0.2, -0.15) is 8.42 Å². The van der Waals surface area contributed by atoms with Gasteiger partial charge in [-0.15, -0.1) is 34.3 Å². The van der Waals surface area contributed by atoms with E-state index >= 15 is 0 Å². The minimum Gasteiger partial charge on any atom is -0.463 e. The molecule has 36 heavy (non-hydrogen) atoms. The maximum Gasteiger partial charge on any atom is 0.362 e. The van der Waals surface area contributed by atoms with Crippen molar-refractivity contribution in [1.29, 1.82) is 0 Å². The number of β-lactam (4-membered cyclic amide) rings is 1. The van der Waals surface area contributed by atoms with Gasteiger partial charge in [0.25, 0.3) is 11.8 Å². The largest absolute Gasteiger partial charge is 0.463 e. The van der Waals surface area contributed by atoms with Gasteiger partial charge in [0.15, 0.2) is 10.8 Å². The van der Waals surface area contributed by atoms with Gasteiger partial charge in [0, 0.05) is 10.3 Å². The van der Waals surface area contributed by atoms with Crippen molar-refractivity contribution in [1.82, 2.24) is 14.6 Å². The molecule has 3 amide bonds. The van der Waals surface area contributed by atoms with E-state index in [2.05, 4.69) is 25.6 Å². The molecule has 1 aliphatic rings. The van der Waals surface area contributed by atoms with Gasteiger partial charge in [0.05, 0.1) is 6.42 Å². The molecule has 2 aromatic heterocycles. The number of nitrogens with zero attached hydrogens (tertiary/aromatic N) is 3. The third kappa shape index (κ3) is 6.55. The number of thiophene rings is 1. The molecule has 3 rings (SSSR count). The van der Waals surface area contributed by atoms with E-state index in [9.17, 15) is 32.1 Å². The fourth-order valence-electron chi connectivity index (χ4n) is 3.01. The van der Waals surface area contributed by atoms with Crippen molar-refractivity contribution in [3.05, 3.63) is 33.5 Å². The van der Waals surface area contributed by atoms with Crippen molar-refractivity contribution < 1.29 is 41.7 Å². The molecule has 0 aromatic carbocycles. The third-order valence-corrected chi connectivity index (χ3v) is 7.36. The first-order valence-corrected chi connectivity index (χ1v) is 13.5. The first-order chi connectivity index (χ1) is 17.0. The molecule has 2 aromatic rings. The van der Waals surface area contributed by atoms with Gasteiger partial charge in [-0.05, 0) is 11.4 Å². The standard InChI is InChI=1S/C18H18ClN5O9S3/c1-32-23-14(10-8-35-18(20-10)21-12(25)6-19)16(27)22-15-11(24(17(15)28)36(29,30)31)7-33-13(26)5-9-3-2-4-34-9/h2-4,8,11,15H,5-7H2,1H3,(H,22,27)(H,20,21,25)(H,29,30,31)/b23-14-. The second kappa shape index (κ2) is 11.7. The lowest BCUT2D eigenvalue weighted by atomic mass is 9.99. The van der Waals surface area contributed by atoms with Crippen LogP contribution in [0.15, 0.2) is 28.0 Å². The second-order valence-corrected chi connectivity index (χ2v) is 10.4. The number of rotatable bonds is 11. The molecule has 14 nitrogen and oxygen atoms in total. The molecule has 0 spiro atoms. The highest BCUT2D eigenvalue weighted by molar-refractivity contribution is 7.84. The van der Waals surface area contributed by atoms with E-state index in [1.54, 1.807) is 17.5 Å². The van der Waals surface area contributed by atoms with Crippen LogP contribution in [0.1, 0.15) is 10.6 Å². The molecule has 194 valence electrons. The highest BCUT2D eigenvalue weighted by Crippen LogP contribution is 2.25. The van der Waals surface area contributed by atoms with E-state index in [1.807, 2.05) is 0 Å². The Kier molecular flexibility index (Phi) is 8.96. The van der Waals surface area contributed by atoms with Crippen LogP contribution in [-0.2, 0) is 45.5 Å². The molecule has 2 atom stereocenters. The van der Waals surface area contributed by atoms with Crippen LogP contribution >= 0.6 is 34.3 Å². The molecule has 3 N–H and O–H groups in total. The molecule has 0 saturated carbocycles. The van der Waals surface area contributed by atoms with Crippen LogP contribution in [0.2, 0.25) is 0 Å². The maximum absolute atomic E-state index is 12.9. The van der Waals surface area contributed by atoms with Crippen LogP contribution in [0, 0.1) is 0 Å². The van der Waals surface area contributed by atoms with E-state index in [-0.39, 0.29) is 27.4 Å². The number of anilines is 1. The van der Waals surface area contributed by atoms with Gasteiger partial charge >= 0.3 is 16.3 Å². The van der Waals surface area contributed by atoms with Crippen LogP contribution < -0.4 is 10.6 Å². The fraction of sp³-hybridized carbons (Fsp3) is 0.333. The Morgan fingerprint density at radius 3 is 2.69 bits per heavy atom. The Morgan fingerprint density at radius 1 is 1.33 bits per heavy atom. The van der Waals surface area contributed by atoms with Gasteiger partial charge in [-0.25, -0.2) is 9.29 Å². The number of oxime groups is 1. The van der Waals surface area contributed by atoms with Gasteiger partial charge in [-0.1, -0.05) is 11.2 Å². The van der Waals surface area contributed by atoms with E-state index in [1.165, 1.54) is 16.7 Å². The Bertz CT molecular complexity index is 1280. The molecule has 1 saturated heterocycles. The number of nitrogens with one attached hydrogen (secondary N) is 2. The number of esters is 1. The third-order valence-electron chi connectivity index (χ3n) is 4.53. The number of carbonyl (C=O) groups excluding carboxylic acids is 4. The minimum atomic E-state index is -5.00. The zero-order valence-electron chi connectivity index (χ0n) is 18.2. The number of hydrogen-bond donors (Lipinski definition) is 3. The molecular weight excluding hydrogens is 562 g/mol. The normalized spacial score (nSPS) is 17.8. The van der Waals surface area contributed by atoms with Gasteiger partial charge in [0.1, 0.15) is 37.4 Å². The van der Waals surface area contributed by atoms with Crippen LogP contribution in [0.25, 0.3) is 0 Å². The number of thiazole rings is 1. The quantitative estimate of drug-likeness (QED) is 0.0815. The highest BCUT2D eigenvalue weighted by Gasteiger charge is 2.55. The van der Waals surface area contributed by atoms with E-state index in [0.29, 0.717) is 4.88 Å². The first kappa shape index (κ1) is 27.5. The highest BCUT2D eigenvalue weighted by atomic mass is 35.5. The number of alkyl halides is 1. The summed E-state index contributed by atoms with van der Waals surface area (Å²) in [5.74, 6) is -3.69. The number of aromatic nitrogens is 1. The predicted molar refractivity (Wildman–Crippen MR) is 128 cm³/mol. The molecular formula is C18H18ClN5O9S3. The van der Waals surface area contributed by atoms with Crippen molar-refractivity contribution in [3.8, 4) is 0 Å². The van der Waals surface area contributed by atoms with E-state index in [0.717, 1.165) is 18.4 Å². The van der Waals surface area contributed by atoms with Crippen LogP contribution in [0.4, 0.5) is 5.13 Å². The first-order valence-electron chi connectivity index (χ1n) is 9.77. The Labute approximate surface area is 217 Å². The molecule has 1 aliphatic heterocycles.